The van der Waals surface area contributed by atoms with Crippen molar-refractivity contribution in [2.75, 3.05) is 0 Å². The van der Waals surface area contributed by atoms with Crippen LogP contribution in [0.25, 0.3) is 0 Å². The molecule has 0 bridgehead atoms. The maximum absolute atomic E-state index is 10.7. The molecule has 0 aliphatic rings. The van der Waals surface area contributed by atoms with Crippen LogP contribution >= 0.6 is 27.3 Å². The Hall–Kier alpha value is -0.350. The molecule has 4 heteroatoms. The highest BCUT2D eigenvalue weighted by atomic mass is 79.9. The van der Waals surface area contributed by atoms with Crippen molar-refractivity contribution < 1.29 is 4.79 Å². The molecule has 0 radical (unpaired) electrons. The summed E-state index contributed by atoms with van der Waals surface area (Å²) < 4.78 is 1.09. The number of hydrogen-bond donors (Lipinski definition) is 1. The number of rotatable bonds is 2. The summed E-state index contributed by atoms with van der Waals surface area (Å²) in [5.74, 6) is 0.00650. The number of hydrogen-bond acceptors (Lipinski definition) is 2. The van der Waals surface area contributed by atoms with Gasteiger partial charge in [0.15, 0.2) is 0 Å². The minimum absolute atomic E-state index is 0.00650. The fourth-order valence-electron chi connectivity index (χ4n) is 0.937. The van der Waals surface area contributed by atoms with Crippen LogP contribution in [0.1, 0.15) is 24.8 Å². The minimum Gasteiger partial charge on any atom is -0.349 e. The predicted molar refractivity (Wildman–Crippen MR) is 54.3 cm³/mol. The van der Waals surface area contributed by atoms with E-state index in [0.717, 1.165) is 8.66 Å². The third-order valence-electron chi connectivity index (χ3n) is 1.44. The average Bonchev–Trinajstić information content (AvgIpc) is 2.34. The van der Waals surface area contributed by atoms with E-state index in [1.165, 1.54) is 6.92 Å². The summed E-state index contributed by atoms with van der Waals surface area (Å²) in [4.78, 5) is 11.9. The van der Waals surface area contributed by atoms with Gasteiger partial charge in [0.2, 0.25) is 5.91 Å². The lowest BCUT2D eigenvalue weighted by Gasteiger charge is -2.08. The molecule has 1 aromatic rings. The molecule has 0 saturated carbocycles. The first-order chi connectivity index (χ1) is 5.59. The Balaban J connectivity index is 2.64. The molecule has 66 valence electrons. The van der Waals surface area contributed by atoms with Gasteiger partial charge in [0.1, 0.15) is 0 Å². The molecular weight excluding hydrogens is 238 g/mol. The molecule has 1 N–H and O–H groups in total. The van der Waals surface area contributed by atoms with Crippen molar-refractivity contribution >= 4 is 33.2 Å². The summed E-state index contributed by atoms with van der Waals surface area (Å²) >= 11 is 5.01. The molecule has 0 unspecified atom stereocenters. The number of carbonyl (C=O) groups is 1. The summed E-state index contributed by atoms with van der Waals surface area (Å²) in [7, 11) is 0. The van der Waals surface area contributed by atoms with Crippen molar-refractivity contribution in [3.05, 3.63) is 20.8 Å². The normalized spacial score (nSPS) is 12.6. The molecule has 0 aliphatic heterocycles. The van der Waals surface area contributed by atoms with Crippen LogP contribution in [0.3, 0.4) is 0 Å². The van der Waals surface area contributed by atoms with Crippen LogP contribution in [0.4, 0.5) is 0 Å². The third-order valence-corrected chi connectivity index (χ3v) is 3.25. The van der Waals surface area contributed by atoms with Gasteiger partial charge in [-0.05, 0) is 35.0 Å². The fourth-order valence-corrected chi connectivity index (χ4v) is 2.36. The molecule has 0 aliphatic carbocycles. The molecule has 1 amide bonds. The number of carbonyl (C=O) groups excluding carboxylic acids is 1. The van der Waals surface area contributed by atoms with E-state index in [2.05, 4.69) is 21.2 Å². The molecule has 12 heavy (non-hydrogen) atoms. The summed E-state index contributed by atoms with van der Waals surface area (Å²) in [6.07, 6.45) is 0. The summed E-state index contributed by atoms with van der Waals surface area (Å²) in [6, 6.07) is 4.10. The van der Waals surface area contributed by atoms with Crippen LogP contribution in [0.15, 0.2) is 15.9 Å². The molecule has 2 nitrogen and oxygen atoms in total. The first-order valence-corrected chi connectivity index (χ1v) is 5.23. The van der Waals surface area contributed by atoms with Gasteiger partial charge in [-0.3, -0.25) is 4.79 Å². The van der Waals surface area contributed by atoms with Crippen LogP contribution in [0.5, 0.6) is 0 Å². The second kappa shape index (κ2) is 4.05. The van der Waals surface area contributed by atoms with Crippen LogP contribution in [-0.4, -0.2) is 5.91 Å². The number of nitrogens with one attached hydrogen (secondary N) is 1. The second-order valence-electron chi connectivity index (χ2n) is 2.56. The molecule has 1 heterocycles. The van der Waals surface area contributed by atoms with Gasteiger partial charge in [0.25, 0.3) is 0 Å². The van der Waals surface area contributed by atoms with Gasteiger partial charge in [0.05, 0.1) is 9.83 Å². The molecule has 1 rings (SSSR count). The van der Waals surface area contributed by atoms with Gasteiger partial charge in [-0.2, -0.15) is 0 Å². The standard InChI is InChI=1S/C8H10BrNOS/c1-5(10-6(2)11)7-3-4-8(9)12-7/h3-5H,1-2H3,(H,10,11)/t5-/m1/s1. The molecule has 0 fully saturated rings. The smallest absolute Gasteiger partial charge is 0.217 e. The Bertz CT molecular complexity index is 284. The lowest BCUT2D eigenvalue weighted by molar-refractivity contribution is -0.119. The van der Waals surface area contributed by atoms with Crippen molar-refractivity contribution in [2.45, 2.75) is 19.9 Å². The third kappa shape index (κ3) is 2.60. The zero-order valence-corrected chi connectivity index (χ0v) is 9.33. The van der Waals surface area contributed by atoms with Gasteiger partial charge >= 0.3 is 0 Å². The first kappa shape index (κ1) is 9.74. The lowest BCUT2D eigenvalue weighted by atomic mass is 10.3. The van der Waals surface area contributed by atoms with Crippen molar-refractivity contribution in [2.24, 2.45) is 0 Å². The highest BCUT2D eigenvalue weighted by molar-refractivity contribution is 9.11. The minimum atomic E-state index is 0.00650. The molecule has 1 aromatic heterocycles. The molecular formula is C8H10BrNOS. The molecule has 0 spiro atoms. The van der Waals surface area contributed by atoms with Crippen LogP contribution in [0.2, 0.25) is 0 Å². The van der Waals surface area contributed by atoms with E-state index in [4.69, 9.17) is 0 Å². The molecule has 1 atom stereocenters. The Morgan fingerprint density at radius 3 is 2.75 bits per heavy atom. The zero-order valence-electron chi connectivity index (χ0n) is 6.93. The Morgan fingerprint density at radius 2 is 2.33 bits per heavy atom. The fraction of sp³-hybridized carbons (Fsp3) is 0.375. The second-order valence-corrected chi connectivity index (χ2v) is 5.06. The first-order valence-electron chi connectivity index (χ1n) is 3.62. The van der Waals surface area contributed by atoms with Crippen molar-refractivity contribution in [3.63, 3.8) is 0 Å². The van der Waals surface area contributed by atoms with Gasteiger partial charge in [0, 0.05) is 11.8 Å². The van der Waals surface area contributed by atoms with E-state index in [0.29, 0.717) is 0 Å². The van der Waals surface area contributed by atoms with E-state index in [-0.39, 0.29) is 11.9 Å². The molecule has 0 aromatic carbocycles. The Kier molecular flexibility index (Phi) is 3.29. The van der Waals surface area contributed by atoms with Crippen molar-refractivity contribution in [1.82, 2.24) is 5.32 Å². The van der Waals surface area contributed by atoms with E-state index >= 15 is 0 Å². The van der Waals surface area contributed by atoms with Crippen LogP contribution in [-0.2, 0) is 4.79 Å². The van der Waals surface area contributed by atoms with Gasteiger partial charge < -0.3 is 5.32 Å². The van der Waals surface area contributed by atoms with Crippen LogP contribution < -0.4 is 5.32 Å². The number of thiophene rings is 1. The molecule has 0 saturated heterocycles. The van der Waals surface area contributed by atoms with Crippen LogP contribution in [0, 0.1) is 0 Å². The van der Waals surface area contributed by atoms with E-state index in [1.807, 2.05) is 19.1 Å². The zero-order chi connectivity index (χ0) is 9.14. The van der Waals surface area contributed by atoms with Crippen molar-refractivity contribution in [3.8, 4) is 0 Å². The van der Waals surface area contributed by atoms with E-state index < -0.39 is 0 Å². The predicted octanol–water partition coefficient (Wildman–Crippen LogP) is 2.71. The average molecular weight is 248 g/mol. The maximum Gasteiger partial charge on any atom is 0.217 e. The summed E-state index contributed by atoms with van der Waals surface area (Å²) in [5, 5.41) is 2.82. The Labute approximate surface area is 84.1 Å². The maximum atomic E-state index is 10.7. The Morgan fingerprint density at radius 1 is 1.67 bits per heavy atom. The highest BCUT2D eigenvalue weighted by Gasteiger charge is 2.07. The van der Waals surface area contributed by atoms with Gasteiger partial charge in [-0.15, -0.1) is 11.3 Å². The topological polar surface area (TPSA) is 29.1 Å². The SMILES string of the molecule is CC(=O)N[C@H](C)c1ccc(Br)s1. The quantitative estimate of drug-likeness (QED) is 0.856. The largest absolute Gasteiger partial charge is 0.349 e. The number of amides is 1. The van der Waals surface area contributed by atoms with E-state index in [1.54, 1.807) is 11.3 Å². The highest BCUT2D eigenvalue weighted by Crippen LogP contribution is 2.26. The summed E-state index contributed by atoms with van der Waals surface area (Å²) in [6.45, 7) is 3.50. The monoisotopic (exact) mass is 247 g/mol. The number of halogens is 1. The summed E-state index contributed by atoms with van der Waals surface area (Å²) in [5.41, 5.74) is 0. The lowest BCUT2D eigenvalue weighted by Crippen LogP contribution is -2.22. The van der Waals surface area contributed by atoms with Gasteiger partial charge in [-0.1, -0.05) is 0 Å². The van der Waals surface area contributed by atoms with E-state index in [9.17, 15) is 4.79 Å². The van der Waals surface area contributed by atoms with Crippen molar-refractivity contribution in [1.29, 1.82) is 0 Å². The van der Waals surface area contributed by atoms with Gasteiger partial charge in [-0.25, -0.2) is 0 Å².